The Morgan fingerprint density at radius 2 is 2.25 bits per heavy atom. The first-order valence-electron chi connectivity index (χ1n) is 7.10. The Morgan fingerprint density at radius 3 is 3.10 bits per heavy atom. The van der Waals surface area contributed by atoms with Crippen LogP contribution in [0.3, 0.4) is 0 Å². The lowest BCUT2D eigenvalue weighted by Crippen LogP contribution is -2.53. The van der Waals surface area contributed by atoms with Gasteiger partial charge in [-0.3, -0.25) is 4.90 Å². The Balaban J connectivity index is 1.47. The number of anilines is 1. The third-order valence-corrected chi connectivity index (χ3v) is 5.14. The standard InChI is InChI=1S/C15H18BrN3O/c16-14-2-1-3-15-13(14)8-12-9-17(4-5-19(12)15)10-18-6-7-20-11-18/h1-3,6-7,12H,4-5,8-11H2/t12-/m0/s1. The fourth-order valence-corrected chi connectivity index (χ4v) is 3.97. The summed E-state index contributed by atoms with van der Waals surface area (Å²) in [6.45, 7) is 5.03. The van der Waals surface area contributed by atoms with Crippen LogP contribution in [0.1, 0.15) is 5.56 Å². The smallest absolute Gasteiger partial charge is 0.161 e. The van der Waals surface area contributed by atoms with Crippen molar-refractivity contribution in [3.05, 3.63) is 40.7 Å². The maximum atomic E-state index is 5.25. The summed E-state index contributed by atoms with van der Waals surface area (Å²) >= 11 is 3.69. The van der Waals surface area contributed by atoms with Crippen molar-refractivity contribution in [1.82, 2.24) is 9.80 Å². The summed E-state index contributed by atoms with van der Waals surface area (Å²) in [7, 11) is 0. The largest absolute Gasteiger partial charge is 0.479 e. The minimum absolute atomic E-state index is 0.616. The summed E-state index contributed by atoms with van der Waals surface area (Å²) in [4.78, 5) is 7.32. The van der Waals surface area contributed by atoms with E-state index >= 15 is 0 Å². The summed E-state index contributed by atoms with van der Waals surface area (Å²) in [6.07, 6.45) is 4.96. The Morgan fingerprint density at radius 1 is 1.30 bits per heavy atom. The van der Waals surface area contributed by atoms with Gasteiger partial charge in [0.1, 0.15) is 6.26 Å². The average molecular weight is 336 g/mol. The van der Waals surface area contributed by atoms with Crippen LogP contribution in [0.25, 0.3) is 0 Å². The predicted octanol–water partition coefficient (Wildman–Crippen LogP) is 2.21. The van der Waals surface area contributed by atoms with E-state index in [9.17, 15) is 0 Å². The number of hydrogen-bond donors (Lipinski definition) is 0. The molecule has 0 bridgehead atoms. The highest BCUT2D eigenvalue weighted by atomic mass is 79.9. The highest BCUT2D eigenvalue weighted by Gasteiger charge is 2.35. The lowest BCUT2D eigenvalue weighted by Gasteiger charge is -2.40. The number of fused-ring (bicyclic) bond motifs is 3. The molecule has 0 N–H and O–H groups in total. The van der Waals surface area contributed by atoms with Crippen LogP contribution in [0.2, 0.25) is 0 Å². The quantitative estimate of drug-likeness (QED) is 0.824. The maximum absolute atomic E-state index is 5.25. The zero-order valence-electron chi connectivity index (χ0n) is 11.3. The molecular weight excluding hydrogens is 318 g/mol. The summed E-state index contributed by atoms with van der Waals surface area (Å²) < 4.78 is 6.51. The van der Waals surface area contributed by atoms with E-state index in [0.717, 1.165) is 32.7 Å². The molecule has 0 spiro atoms. The molecule has 0 aromatic heterocycles. The van der Waals surface area contributed by atoms with Crippen LogP contribution in [-0.4, -0.2) is 48.9 Å². The van der Waals surface area contributed by atoms with Gasteiger partial charge >= 0.3 is 0 Å². The number of ether oxygens (including phenoxy) is 1. The average Bonchev–Trinajstić information content (AvgIpc) is 3.06. The zero-order chi connectivity index (χ0) is 13.5. The number of benzene rings is 1. The Hall–Kier alpha value is -1.20. The molecule has 20 heavy (non-hydrogen) atoms. The molecule has 0 unspecified atom stereocenters. The van der Waals surface area contributed by atoms with E-state index in [0.29, 0.717) is 12.8 Å². The van der Waals surface area contributed by atoms with Gasteiger partial charge in [0, 0.05) is 42.0 Å². The van der Waals surface area contributed by atoms with Gasteiger partial charge in [0.15, 0.2) is 6.73 Å². The van der Waals surface area contributed by atoms with E-state index in [1.807, 2.05) is 6.20 Å². The summed E-state index contributed by atoms with van der Waals surface area (Å²) in [5, 5.41) is 0. The summed E-state index contributed by atoms with van der Waals surface area (Å²) in [5.41, 5.74) is 2.90. The second-order valence-electron chi connectivity index (χ2n) is 5.68. The minimum atomic E-state index is 0.616. The predicted molar refractivity (Wildman–Crippen MR) is 82.4 cm³/mol. The number of halogens is 1. The van der Waals surface area contributed by atoms with E-state index < -0.39 is 0 Å². The Kier molecular flexibility index (Phi) is 3.11. The molecule has 5 heteroatoms. The summed E-state index contributed by atoms with van der Waals surface area (Å²) in [6, 6.07) is 7.17. The van der Waals surface area contributed by atoms with Crippen LogP contribution in [0, 0.1) is 0 Å². The first-order valence-corrected chi connectivity index (χ1v) is 7.89. The SMILES string of the molecule is Brc1cccc2c1C[C@H]1CN(CN3C=COC3)CCN21. The highest BCUT2D eigenvalue weighted by molar-refractivity contribution is 9.10. The molecule has 1 saturated heterocycles. The van der Waals surface area contributed by atoms with E-state index in [2.05, 4.69) is 48.8 Å². The molecule has 1 aromatic rings. The van der Waals surface area contributed by atoms with Crippen LogP contribution in [0.15, 0.2) is 35.1 Å². The Labute approximate surface area is 127 Å². The molecule has 4 rings (SSSR count). The first kappa shape index (κ1) is 12.5. The van der Waals surface area contributed by atoms with Crippen molar-refractivity contribution in [3.8, 4) is 0 Å². The topological polar surface area (TPSA) is 19.0 Å². The third kappa shape index (κ3) is 2.09. The maximum Gasteiger partial charge on any atom is 0.161 e. The molecule has 3 heterocycles. The molecular formula is C15H18BrN3O. The first-order chi connectivity index (χ1) is 9.81. The number of nitrogens with zero attached hydrogens (tertiary/aromatic N) is 3. The van der Waals surface area contributed by atoms with Gasteiger partial charge in [-0.15, -0.1) is 0 Å². The van der Waals surface area contributed by atoms with Gasteiger partial charge in [0.2, 0.25) is 0 Å². The minimum Gasteiger partial charge on any atom is -0.479 e. The van der Waals surface area contributed by atoms with Crippen molar-refractivity contribution in [1.29, 1.82) is 0 Å². The van der Waals surface area contributed by atoms with Gasteiger partial charge in [-0.05, 0) is 24.1 Å². The molecule has 1 aromatic carbocycles. The third-order valence-electron chi connectivity index (χ3n) is 4.40. The van der Waals surface area contributed by atoms with E-state index in [1.165, 1.54) is 15.7 Å². The van der Waals surface area contributed by atoms with Crippen molar-refractivity contribution in [2.24, 2.45) is 0 Å². The fraction of sp³-hybridized carbons (Fsp3) is 0.467. The highest BCUT2D eigenvalue weighted by Crippen LogP contribution is 2.38. The molecule has 0 saturated carbocycles. The molecule has 106 valence electrons. The molecule has 0 amide bonds. The van der Waals surface area contributed by atoms with Gasteiger partial charge in [-0.1, -0.05) is 22.0 Å². The van der Waals surface area contributed by atoms with Gasteiger partial charge in [0.25, 0.3) is 0 Å². The van der Waals surface area contributed by atoms with E-state index in [-0.39, 0.29) is 0 Å². The Bertz CT molecular complexity index is 548. The number of piperazine rings is 1. The van der Waals surface area contributed by atoms with Crippen molar-refractivity contribution < 1.29 is 4.74 Å². The molecule has 1 fully saturated rings. The second-order valence-corrected chi connectivity index (χ2v) is 6.53. The normalized spacial score (nSPS) is 24.8. The van der Waals surface area contributed by atoms with Crippen LogP contribution < -0.4 is 4.90 Å². The lowest BCUT2D eigenvalue weighted by atomic mass is 10.1. The van der Waals surface area contributed by atoms with Crippen LogP contribution in [-0.2, 0) is 11.2 Å². The van der Waals surface area contributed by atoms with Crippen LogP contribution in [0.4, 0.5) is 5.69 Å². The molecule has 1 atom stereocenters. The van der Waals surface area contributed by atoms with E-state index in [4.69, 9.17) is 4.74 Å². The van der Waals surface area contributed by atoms with Crippen molar-refractivity contribution in [2.45, 2.75) is 12.5 Å². The van der Waals surface area contributed by atoms with Gasteiger partial charge in [-0.2, -0.15) is 0 Å². The molecule has 0 radical (unpaired) electrons. The molecule has 3 aliphatic rings. The molecule has 0 aliphatic carbocycles. The number of rotatable bonds is 2. The second kappa shape index (κ2) is 4.97. The zero-order valence-corrected chi connectivity index (χ0v) is 12.9. The van der Waals surface area contributed by atoms with Crippen LogP contribution >= 0.6 is 15.9 Å². The fourth-order valence-electron chi connectivity index (χ4n) is 3.45. The number of hydrogen-bond acceptors (Lipinski definition) is 4. The van der Waals surface area contributed by atoms with Crippen LogP contribution in [0.5, 0.6) is 0 Å². The molecule has 4 nitrogen and oxygen atoms in total. The van der Waals surface area contributed by atoms with Gasteiger partial charge < -0.3 is 14.5 Å². The lowest BCUT2D eigenvalue weighted by molar-refractivity contribution is 0.0953. The van der Waals surface area contributed by atoms with Crippen molar-refractivity contribution >= 4 is 21.6 Å². The monoisotopic (exact) mass is 335 g/mol. The van der Waals surface area contributed by atoms with Gasteiger partial charge in [0.05, 0.1) is 6.67 Å². The molecule has 3 aliphatic heterocycles. The van der Waals surface area contributed by atoms with Crippen molar-refractivity contribution in [2.75, 3.05) is 37.9 Å². The van der Waals surface area contributed by atoms with Crippen molar-refractivity contribution in [3.63, 3.8) is 0 Å². The van der Waals surface area contributed by atoms with E-state index in [1.54, 1.807) is 6.26 Å². The van der Waals surface area contributed by atoms with Gasteiger partial charge in [-0.25, -0.2) is 0 Å². The summed E-state index contributed by atoms with van der Waals surface area (Å²) in [5.74, 6) is 0.